The lowest BCUT2D eigenvalue weighted by molar-refractivity contribution is -0.126. The molecule has 1 unspecified atom stereocenters. The highest BCUT2D eigenvalue weighted by molar-refractivity contribution is 9.10. The third-order valence-corrected chi connectivity index (χ3v) is 7.24. The van der Waals surface area contributed by atoms with Gasteiger partial charge in [0.05, 0.1) is 33.7 Å². The van der Waals surface area contributed by atoms with Crippen LogP contribution in [0.5, 0.6) is 0 Å². The van der Waals surface area contributed by atoms with Crippen LogP contribution in [-0.2, 0) is 9.53 Å². The quantitative estimate of drug-likeness (QED) is 0.525. The second-order valence-corrected chi connectivity index (χ2v) is 9.90. The Kier molecular flexibility index (Phi) is 6.29. The maximum Gasteiger partial charge on any atom is 0.223 e. The number of hydrogen-bond donors (Lipinski definition) is 1. The zero-order valence-electron chi connectivity index (χ0n) is 17.2. The number of anilines is 1. The van der Waals surface area contributed by atoms with Gasteiger partial charge in [0, 0.05) is 36.3 Å². The molecular formula is C22H22BrCl2N5O2. The second-order valence-electron chi connectivity index (χ2n) is 8.17. The number of nitrogens with one attached hydrogen (secondary N) is 1. The van der Waals surface area contributed by atoms with Gasteiger partial charge in [-0.25, -0.2) is 9.97 Å². The highest BCUT2D eigenvalue weighted by Crippen LogP contribution is 2.34. The van der Waals surface area contributed by atoms with Crippen LogP contribution in [0.1, 0.15) is 19.3 Å². The summed E-state index contributed by atoms with van der Waals surface area (Å²) < 4.78 is 8.26. The fourth-order valence-electron chi connectivity index (χ4n) is 4.31. The Bertz CT molecular complexity index is 1140. The van der Waals surface area contributed by atoms with Crippen LogP contribution < -0.4 is 10.2 Å². The molecule has 1 aromatic carbocycles. The lowest BCUT2D eigenvalue weighted by Gasteiger charge is -2.32. The number of carbonyl (C=O) groups is 1. The maximum atomic E-state index is 12.7. The number of rotatable bonds is 4. The van der Waals surface area contributed by atoms with Crippen molar-refractivity contribution in [3.05, 3.63) is 45.0 Å². The zero-order valence-corrected chi connectivity index (χ0v) is 20.3. The fraction of sp³-hybridized carbons (Fsp3) is 0.409. The molecule has 32 heavy (non-hydrogen) atoms. The van der Waals surface area contributed by atoms with E-state index in [2.05, 4.69) is 31.1 Å². The number of pyridine rings is 1. The Morgan fingerprint density at radius 3 is 2.62 bits per heavy atom. The first-order valence-corrected chi connectivity index (χ1v) is 12.2. The Labute approximate surface area is 204 Å². The number of ether oxygens (including phenoxy) is 1. The van der Waals surface area contributed by atoms with Crippen LogP contribution >= 0.6 is 39.1 Å². The summed E-state index contributed by atoms with van der Waals surface area (Å²) in [5, 5.41) is 4.06. The van der Waals surface area contributed by atoms with Crippen LogP contribution in [-0.4, -0.2) is 52.8 Å². The standard InChI is InChI=1S/C22H22BrCl2N5O2/c23-14-1-2-20(26-11-14)30-19-10-17(25)16(24)9-18(19)28-22(30)29-6-3-13(4-7-29)21(31)27-15-5-8-32-12-15/h1-2,9-11,13,15H,3-8,12H2,(H,27,31). The molecule has 0 saturated carbocycles. The molecule has 4 heterocycles. The van der Waals surface area contributed by atoms with Gasteiger partial charge >= 0.3 is 0 Å². The molecule has 7 nitrogen and oxygen atoms in total. The minimum absolute atomic E-state index is 0.000581. The van der Waals surface area contributed by atoms with Crippen molar-refractivity contribution in [1.29, 1.82) is 0 Å². The molecule has 1 amide bonds. The summed E-state index contributed by atoms with van der Waals surface area (Å²) >= 11 is 16.0. The van der Waals surface area contributed by atoms with E-state index in [4.69, 9.17) is 32.9 Å². The van der Waals surface area contributed by atoms with Crippen molar-refractivity contribution in [2.75, 3.05) is 31.2 Å². The number of piperidine rings is 1. The number of fused-ring (bicyclic) bond motifs is 1. The topological polar surface area (TPSA) is 72.3 Å². The summed E-state index contributed by atoms with van der Waals surface area (Å²) in [4.78, 5) is 24.3. The number of halogens is 3. The fourth-order valence-corrected chi connectivity index (χ4v) is 4.86. The van der Waals surface area contributed by atoms with Crippen LogP contribution in [0.25, 0.3) is 16.9 Å². The van der Waals surface area contributed by atoms with Gasteiger partial charge in [0.2, 0.25) is 11.9 Å². The van der Waals surface area contributed by atoms with Gasteiger partial charge in [0.15, 0.2) is 0 Å². The number of amides is 1. The molecule has 2 aliphatic heterocycles. The van der Waals surface area contributed by atoms with E-state index in [0.29, 0.717) is 16.7 Å². The Balaban J connectivity index is 1.42. The molecule has 2 aromatic heterocycles. The third kappa shape index (κ3) is 4.33. The highest BCUT2D eigenvalue weighted by atomic mass is 79.9. The molecule has 0 radical (unpaired) electrons. The van der Waals surface area contributed by atoms with E-state index in [1.54, 1.807) is 12.3 Å². The van der Waals surface area contributed by atoms with Crippen LogP contribution in [0, 0.1) is 5.92 Å². The van der Waals surface area contributed by atoms with E-state index < -0.39 is 0 Å². The monoisotopic (exact) mass is 537 g/mol. The number of imidazole rings is 1. The molecule has 1 atom stereocenters. The first kappa shape index (κ1) is 21.9. The molecule has 2 aliphatic rings. The predicted molar refractivity (Wildman–Crippen MR) is 129 cm³/mol. The Morgan fingerprint density at radius 1 is 1.16 bits per heavy atom. The molecular weight excluding hydrogens is 517 g/mol. The Morgan fingerprint density at radius 2 is 1.94 bits per heavy atom. The molecule has 5 rings (SSSR count). The maximum absolute atomic E-state index is 12.7. The summed E-state index contributed by atoms with van der Waals surface area (Å²) in [5.41, 5.74) is 1.59. The van der Waals surface area contributed by atoms with Crippen molar-refractivity contribution in [3.8, 4) is 5.82 Å². The zero-order chi connectivity index (χ0) is 22.2. The number of hydrogen-bond acceptors (Lipinski definition) is 5. The van der Waals surface area contributed by atoms with E-state index in [-0.39, 0.29) is 17.9 Å². The molecule has 168 valence electrons. The summed E-state index contributed by atoms with van der Waals surface area (Å²) in [5.74, 6) is 1.64. The normalized spacial score (nSPS) is 19.6. The van der Waals surface area contributed by atoms with Crippen molar-refractivity contribution in [3.63, 3.8) is 0 Å². The van der Waals surface area contributed by atoms with Crippen molar-refractivity contribution in [2.24, 2.45) is 5.92 Å². The van der Waals surface area contributed by atoms with Crippen molar-refractivity contribution < 1.29 is 9.53 Å². The summed E-state index contributed by atoms with van der Waals surface area (Å²) in [6, 6.07) is 7.62. The lowest BCUT2D eigenvalue weighted by Crippen LogP contribution is -2.44. The average Bonchev–Trinajstić information content (AvgIpc) is 3.43. The van der Waals surface area contributed by atoms with Gasteiger partial charge in [-0.2, -0.15) is 0 Å². The first-order valence-electron chi connectivity index (χ1n) is 10.6. The van der Waals surface area contributed by atoms with Gasteiger partial charge in [-0.1, -0.05) is 23.2 Å². The molecule has 3 aromatic rings. The summed E-state index contributed by atoms with van der Waals surface area (Å²) in [6.45, 7) is 2.78. The van der Waals surface area contributed by atoms with E-state index in [9.17, 15) is 4.79 Å². The van der Waals surface area contributed by atoms with Crippen LogP contribution in [0.15, 0.2) is 34.9 Å². The molecule has 1 N–H and O–H groups in total. The summed E-state index contributed by atoms with van der Waals surface area (Å²) in [6.07, 6.45) is 4.17. The molecule has 0 bridgehead atoms. The van der Waals surface area contributed by atoms with Gasteiger partial charge in [0.1, 0.15) is 5.82 Å². The van der Waals surface area contributed by atoms with Crippen molar-refractivity contribution >= 4 is 62.0 Å². The molecule has 2 fully saturated rings. The van der Waals surface area contributed by atoms with Crippen molar-refractivity contribution in [2.45, 2.75) is 25.3 Å². The minimum atomic E-state index is -0.000581. The predicted octanol–water partition coefficient (Wildman–Crippen LogP) is 4.61. The molecule has 0 spiro atoms. The second kappa shape index (κ2) is 9.17. The number of aromatic nitrogens is 3. The smallest absolute Gasteiger partial charge is 0.223 e. The lowest BCUT2D eigenvalue weighted by atomic mass is 9.95. The minimum Gasteiger partial charge on any atom is -0.379 e. The van der Waals surface area contributed by atoms with Gasteiger partial charge in [-0.15, -0.1) is 0 Å². The highest BCUT2D eigenvalue weighted by Gasteiger charge is 2.30. The van der Waals surface area contributed by atoms with Crippen LogP contribution in [0.2, 0.25) is 10.0 Å². The number of benzene rings is 1. The van der Waals surface area contributed by atoms with E-state index in [1.807, 2.05) is 22.8 Å². The van der Waals surface area contributed by atoms with E-state index >= 15 is 0 Å². The number of nitrogens with zero attached hydrogens (tertiary/aromatic N) is 4. The van der Waals surface area contributed by atoms with E-state index in [1.165, 1.54) is 0 Å². The van der Waals surface area contributed by atoms with Gasteiger partial charge in [-0.3, -0.25) is 9.36 Å². The van der Waals surface area contributed by atoms with Crippen LogP contribution in [0.3, 0.4) is 0 Å². The molecule has 10 heteroatoms. The van der Waals surface area contributed by atoms with Crippen molar-refractivity contribution in [1.82, 2.24) is 19.9 Å². The summed E-state index contributed by atoms with van der Waals surface area (Å²) in [7, 11) is 0. The molecule has 2 saturated heterocycles. The van der Waals surface area contributed by atoms with Gasteiger partial charge < -0.3 is 15.0 Å². The largest absolute Gasteiger partial charge is 0.379 e. The SMILES string of the molecule is O=C(NC1CCOC1)C1CCN(c2nc3cc(Cl)c(Cl)cc3n2-c2ccc(Br)cn2)CC1. The number of carbonyl (C=O) groups excluding carboxylic acids is 1. The Hall–Kier alpha value is -1.87. The van der Waals surface area contributed by atoms with Crippen LogP contribution in [0.4, 0.5) is 5.95 Å². The van der Waals surface area contributed by atoms with Gasteiger partial charge in [0.25, 0.3) is 0 Å². The van der Waals surface area contributed by atoms with Gasteiger partial charge in [-0.05, 0) is 59.5 Å². The average molecular weight is 539 g/mol. The van der Waals surface area contributed by atoms with E-state index in [0.717, 1.165) is 66.2 Å². The molecule has 0 aliphatic carbocycles. The third-order valence-electron chi connectivity index (χ3n) is 6.04. The first-order chi connectivity index (χ1) is 15.5.